The highest BCUT2D eigenvalue weighted by Gasteiger charge is 2.19. The number of carbonyl (C=O) groups is 1. The highest BCUT2D eigenvalue weighted by molar-refractivity contribution is 6.30. The van der Waals surface area contributed by atoms with Gasteiger partial charge in [-0.3, -0.25) is 9.63 Å². The fraction of sp³-hybridized carbons (Fsp3) is 0.111. The number of benzene rings is 2. The molecule has 1 aromatic heterocycles. The molecular weight excluding hydrogens is 345 g/mol. The number of nitrogens with zero attached hydrogens (tertiary/aromatic N) is 2. The molecule has 0 atom stereocenters. The molecule has 0 bridgehead atoms. The van der Waals surface area contributed by atoms with Crippen LogP contribution in [0.4, 0.5) is 4.39 Å². The predicted molar refractivity (Wildman–Crippen MR) is 93.1 cm³/mol. The average Bonchev–Trinajstić information content (AvgIpc) is 3.06. The van der Waals surface area contributed by atoms with Gasteiger partial charge in [0, 0.05) is 10.6 Å². The third-order valence-electron chi connectivity index (χ3n) is 3.47. The van der Waals surface area contributed by atoms with E-state index in [-0.39, 0.29) is 5.69 Å². The van der Waals surface area contributed by atoms with Gasteiger partial charge in [-0.2, -0.15) is 5.10 Å². The summed E-state index contributed by atoms with van der Waals surface area (Å²) in [6.45, 7) is 2.07. The van der Waals surface area contributed by atoms with E-state index in [0.717, 1.165) is 0 Å². The van der Waals surface area contributed by atoms with Crippen molar-refractivity contribution in [3.8, 4) is 16.9 Å². The molecule has 0 aliphatic heterocycles. The van der Waals surface area contributed by atoms with Gasteiger partial charge in [-0.05, 0) is 49.4 Å². The standard InChI is InChI=1S/C18H15ClFN3O2/c1-2-25-22-18(24)17-11-16(14-5-3-4-6-15(14)20)21-23(17)13-9-7-12(19)8-10-13/h3-11H,2H2,1H3,(H,22,24). The molecule has 5 nitrogen and oxygen atoms in total. The molecule has 0 saturated heterocycles. The van der Waals surface area contributed by atoms with Crippen molar-refractivity contribution in [2.24, 2.45) is 0 Å². The van der Waals surface area contributed by atoms with E-state index in [1.54, 1.807) is 49.4 Å². The first-order valence-corrected chi connectivity index (χ1v) is 8.01. The molecule has 0 spiro atoms. The van der Waals surface area contributed by atoms with Gasteiger partial charge in [0.15, 0.2) is 0 Å². The van der Waals surface area contributed by atoms with E-state index in [4.69, 9.17) is 16.4 Å². The number of amides is 1. The number of carbonyl (C=O) groups excluding carboxylic acids is 1. The van der Waals surface area contributed by atoms with E-state index in [1.807, 2.05) is 0 Å². The SMILES string of the molecule is CCONC(=O)c1cc(-c2ccccc2F)nn1-c1ccc(Cl)cc1. The summed E-state index contributed by atoms with van der Waals surface area (Å²) in [5, 5.41) is 4.95. The number of hydrogen-bond donors (Lipinski definition) is 1. The van der Waals surface area contributed by atoms with Gasteiger partial charge in [-0.25, -0.2) is 14.6 Å². The molecule has 1 amide bonds. The predicted octanol–water partition coefficient (Wildman–Crippen LogP) is 4.01. The van der Waals surface area contributed by atoms with Gasteiger partial charge in [-0.1, -0.05) is 23.7 Å². The maximum Gasteiger partial charge on any atom is 0.293 e. The molecule has 128 valence electrons. The van der Waals surface area contributed by atoms with E-state index in [1.165, 1.54) is 16.8 Å². The van der Waals surface area contributed by atoms with Crippen LogP contribution in [0, 0.1) is 5.82 Å². The van der Waals surface area contributed by atoms with E-state index < -0.39 is 11.7 Å². The van der Waals surface area contributed by atoms with Gasteiger partial charge in [0.25, 0.3) is 5.91 Å². The lowest BCUT2D eigenvalue weighted by Gasteiger charge is -2.07. The summed E-state index contributed by atoms with van der Waals surface area (Å²) >= 11 is 5.91. The summed E-state index contributed by atoms with van der Waals surface area (Å²) in [5.41, 5.74) is 3.81. The van der Waals surface area contributed by atoms with Crippen molar-refractivity contribution in [1.29, 1.82) is 0 Å². The molecule has 3 aromatic rings. The Morgan fingerprint density at radius 3 is 2.64 bits per heavy atom. The minimum atomic E-state index is -0.480. The van der Waals surface area contributed by atoms with Crippen molar-refractivity contribution in [2.75, 3.05) is 6.61 Å². The normalized spacial score (nSPS) is 10.7. The Morgan fingerprint density at radius 2 is 1.96 bits per heavy atom. The maximum atomic E-state index is 14.1. The Morgan fingerprint density at radius 1 is 1.24 bits per heavy atom. The Balaban J connectivity index is 2.09. The third-order valence-corrected chi connectivity index (χ3v) is 3.72. The molecule has 0 saturated carbocycles. The fourth-order valence-corrected chi connectivity index (χ4v) is 2.44. The highest BCUT2D eigenvalue weighted by atomic mass is 35.5. The number of halogens is 2. The Labute approximate surface area is 148 Å². The minimum absolute atomic E-state index is 0.217. The van der Waals surface area contributed by atoms with Crippen LogP contribution in [0.1, 0.15) is 17.4 Å². The molecule has 3 rings (SSSR count). The molecular formula is C18H15ClFN3O2. The van der Waals surface area contributed by atoms with Gasteiger partial charge in [0.2, 0.25) is 0 Å². The zero-order valence-corrected chi connectivity index (χ0v) is 14.1. The van der Waals surface area contributed by atoms with E-state index in [2.05, 4.69) is 10.6 Å². The minimum Gasteiger partial charge on any atom is -0.274 e. The Kier molecular flexibility index (Phi) is 5.11. The summed E-state index contributed by atoms with van der Waals surface area (Å²) in [6.07, 6.45) is 0. The third kappa shape index (κ3) is 3.70. The smallest absolute Gasteiger partial charge is 0.274 e. The number of aromatic nitrogens is 2. The molecule has 0 unspecified atom stereocenters. The van der Waals surface area contributed by atoms with Gasteiger partial charge in [0.1, 0.15) is 11.5 Å². The monoisotopic (exact) mass is 359 g/mol. The highest BCUT2D eigenvalue weighted by Crippen LogP contribution is 2.24. The van der Waals surface area contributed by atoms with Gasteiger partial charge >= 0.3 is 0 Å². The van der Waals surface area contributed by atoms with Crippen LogP contribution in [0.15, 0.2) is 54.6 Å². The quantitative estimate of drug-likeness (QED) is 0.700. The van der Waals surface area contributed by atoms with Crippen molar-refractivity contribution >= 4 is 17.5 Å². The van der Waals surface area contributed by atoms with Crippen molar-refractivity contribution in [3.05, 3.63) is 71.1 Å². The molecule has 0 aliphatic carbocycles. The second kappa shape index (κ2) is 7.46. The largest absolute Gasteiger partial charge is 0.293 e. The molecule has 0 fully saturated rings. The maximum absolute atomic E-state index is 14.1. The van der Waals surface area contributed by atoms with Gasteiger partial charge in [-0.15, -0.1) is 0 Å². The number of rotatable bonds is 5. The molecule has 25 heavy (non-hydrogen) atoms. The second-order valence-corrected chi connectivity index (χ2v) is 5.58. The molecule has 0 aliphatic rings. The molecule has 0 radical (unpaired) electrons. The van der Waals surface area contributed by atoms with Crippen molar-refractivity contribution in [3.63, 3.8) is 0 Å². The van der Waals surface area contributed by atoms with Crippen molar-refractivity contribution in [1.82, 2.24) is 15.3 Å². The molecule has 1 heterocycles. The first-order valence-electron chi connectivity index (χ1n) is 7.63. The van der Waals surface area contributed by atoms with Crippen LogP contribution in [0.25, 0.3) is 16.9 Å². The van der Waals surface area contributed by atoms with Crippen molar-refractivity contribution in [2.45, 2.75) is 6.92 Å². The summed E-state index contributed by atoms with van der Waals surface area (Å²) in [5.74, 6) is -0.896. The molecule has 2 aromatic carbocycles. The van der Waals surface area contributed by atoms with Crippen LogP contribution < -0.4 is 5.48 Å². The summed E-state index contributed by atoms with van der Waals surface area (Å²) in [7, 11) is 0. The van der Waals surface area contributed by atoms with E-state index in [0.29, 0.717) is 28.6 Å². The van der Waals surface area contributed by atoms with Crippen LogP contribution >= 0.6 is 11.6 Å². The lowest BCUT2D eigenvalue weighted by molar-refractivity contribution is 0.0357. The number of hydrogen-bond acceptors (Lipinski definition) is 3. The molecule has 7 heteroatoms. The first kappa shape index (κ1) is 17.1. The van der Waals surface area contributed by atoms with Crippen LogP contribution in [0.3, 0.4) is 0 Å². The average molecular weight is 360 g/mol. The zero-order chi connectivity index (χ0) is 17.8. The van der Waals surface area contributed by atoms with Gasteiger partial charge < -0.3 is 0 Å². The topological polar surface area (TPSA) is 56.1 Å². The van der Waals surface area contributed by atoms with E-state index in [9.17, 15) is 9.18 Å². The summed E-state index contributed by atoms with van der Waals surface area (Å²) < 4.78 is 15.5. The fourth-order valence-electron chi connectivity index (χ4n) is 2.31. The molecule has 1 N–H and O–H groups in total. The Hall–Kier alpha value is -2.70. The second-order valence-electron chi connectivity index (χ2n) is 5.15. The van der Waals surface area contributed by atoms with Crippen LogP contribution in [0.2, 0.25) is 5.02 Å². The first-order chi connectivity index (χ1) is 12.1. The number of nitrogens with one attached hydrogen (secondary N) is 1. The lowest BCUT2D eigenvalue weighted by Crippen LogP contribution is -2.26. The van der Waals surface area contributed by atoms with E-state index >= 15 is 0 Å². The van der Waals surface area contributed by atoms with Crippen LogP contribution in [-0.2, 0) is 4.84 Å². The Bertz CT molecular complexity index is 894. The van der Waals surface area contributed by atoms with Crippen LogP contribution in [-0.4, -0.2) is 22.3 Å². The zero-order valence-electron chi connectivity index (χ0n) is 13.4. The van der Waals surface area contributed by atoms with Crippen molar-refractivity contribution < 1.29 is 14.0 Å². The number of hydroxylamine groups is 1. The lowest BCUT2D eigenvalue weighted by atomic mass is 10.1. The van der Waals surface area contributed by atoms with Gasteiger partial charge in [0.05, 0.1) is 18.0 Å². The summed E-state index contributed by atoms with van der Waals surface area (Å²) in [6, 6.07) is 14.6. The summed E-state index contributed by atoms with van der Waals surface area (Å²) in [4.78, 5) is 17.3. The van der Waals surface area contributed by atoms with Crippen LogP contribution in [0.5, 0.6) is 0 Å².